The summed E-state index contributed by atoms with van der Waals surface area (Å²) in [5, 5.41) is 3.20. The van der Waals surface area contributed by atoms with Crippen LogP contribution in [0.15, 0.2) is 0 Å². The summed E-state index contributed by atoms with van der Waals surface area (Å²) in [5.41, 5.74) is 5.55. The van der Waals surface area contributed by atoms with E-state index in [-0.39, 0.29) is 29.2 Å². The molecule has 24 heavy (non-hydrogen) atoms. The molecule has 1 saturated heterocycles. The molecule has 1 heterocycles. The molecule has 0 aromatic rings. The minimum absolute atomic E-state index is 0.0856. The average Bonchev–Trinajstić information content (AvgIpc) is 2.58. The van der Waals surface area contributed by atoms with Gasteiger partial charge in [0.15, 0.2) is 0 Å². The number of piperidine rings is 1. The number of rotatable bonds is 4. The second kappa shape index (κ2) is 8.32. The minimum Gasteiger partial charge on any atom is -0.352 e. The average molecular weight is 338 g/mol. The van der Waals surface area contributed by atoms with Crippen molar-refractivity contribution in [2.75, 3.05) is 19.6 Å². The Morgan fingerprint density at radius 2 is 1.79 bits per heavy atom. The van der Waals surface area contributed by atoms with E-state index in [4.69, 9.17) is 5.73 Å². The van der Waals surface area contributed by atoms with Gasteiger partial charge in [-0.25, -0.2) is 0 Å². The van der Waals surface area contributed by atoms with Crippen molar-refractivity contribution in [2.24, 2.45) is 23.0 Å². The van der Waals surface area contributed by atoms with Crippen molar-refractivity contribution in [2.45, 2.75) is 71.8 Å². The molecule has 0 radical (unpaired) electrons. The molecule has 5 nitrogen and oxygen atoms in total. The fourth-order valence-corrected chi connectivity index (χ4v) is 4.06. The molecule has 1 aliphatic carbocycles. The number of amides is 2. The second-order valence-electron chi connectivity index (χ2n) is 8.59. The molecular weight excluding hydrogens is 302 g/mol. The fourth-order valence-electron chi connectivity index (χ4n) is 4.06. The number of nitrogens with zero attached hydrogens (tertiary/aromatic N) is 1. The van der Waals surface area contributed by atoms with E-state index in [0.717, 1.165) is 19.4 Å². The standard InChI is InChI=1S/C19H35N3O2/c1-19(2,3)18(24)22-11-7-10-15(13-22)17(23)21-16(12-20)14-8-5-4-6-9-14/h14-16H,4-13,20H2,1-3H3,(H,21,23). The molecule has 3 N–H and O–H groups in total. The summed E-state index contributed by atoms with van der Waals surface area (Å²) in [7, 11) is 0. The third-order valence-corrected chi connectivity index (χ3v) is 5.52. The van der Waals surface area contributed by atoms with Gasteiger partial charge in [0.25, 0.3) is 0 Å². The third kappa shape index (κ3) is 4.95. The lowest BCUT2D eigenvalue weighted by molar-refractivity contribution is -0.143. The number of carbonyl (C=O) groups is 2. The first-order valence-corrected chi connectivity index (χ1v) is 9.62. The molecular formula is C19H35N3O2. The Bertz CT molecular complexity index is 438. The van der Waals surface area contributed by atoms with Crippen LogP contribution < -0.4 is 11.1 Å². The fraction of sp³-hybridized carbons (Fsp3) is 0.895. The van der Waals surface area contributed by atoms with Gasteiger partial charge in [-0.1, -0.05) is 40.0 Å². The van der Waals surface area contributed by atoms with Crippen LogP contribution in [0, 0.1) is 17.3 Å². The predicted molar refractivity (Wildman–Crippen MR) is 96.3 cm³/mol. The van der Waals surface area contributed by atoms with Gasteiger partial charge < -0.3 is 16.0 Å². The van der Waals surface area contributed by atoms with Crippen molar-refractivity contribution in [3.05, 3.63) is 0 Å². The molecule has 2 aliphatic rings. The van der Waals surface area contributed by atoms with Gasteiger partial charge in [-0.15, -0.1) is 0 Å². The van der Waals surface area contributed by atoms with Crippen LogP contribution in [0.5, 0.6) is 0 Å². The Morgan fingerprint density at radius 3 is 2.38 bits per heavy atom. The lowest BCUT2D eigenvalue weighted by Gasteiger charge is -2.37. The summed E-state index contributed by atoms with van der Waals surface area (Å²) in [6.45, 7) is 7.63. The van der Waals surface area contributed by atoms with Crippen LogP contribution in [0.2, 0.25) is 0 Å². The first kappa shape index (κ1) is 19.2. The molecule has 5 heteroatoms. The lowest BCUT2D eigenvalue weighted by Crippen LogP contribution is -2.52. The van der Waals surface area contributed by atoms with E-state index in [1.165, 1.54) is 32.1 Å². The number of nitrogens with two attached hydrogens (primary N) is 1. The quantitative estimate of drug-likeness (QED) is 0.826. The Kier molecular flexibility index (Phi) is 6.67. The molecule has 2 amide bonds. The molecule has 2 rings (SSSR count). The number of likely N-dealkylation sites (tertiary alicyclic amines) is 1. The van der Waals surface area contributed by atoms with E-state index in [2.05, 4.69) is 5.32 Å². The van der Waals surface area contributed by atoms with Gasteiger partial charge in [0.1, 0.15) is 0 Å². The van der Waals surface area contributed by atoms with Crippen molar-refractivity contribution >= 4 is 11.8 Å². The van der Waals surface area contributed by atoms with Gasteiger partial charge in [0.05, 0.1) is 5.92 Å². The lowest BCUT2D eigenvalue weighted by atomic mass is 9.83. The van der Waals surface area contributed by atoms with Crippen LogP contribution in [0.25, 0.3) is 0 Å². The smallest absolute Gasteiger partial charge is 0.227 e. The summed E-state index contributed by atoms with van der Waals surface area (Å²) in [5.74, 6) is 0.649. The van der Waals surface area contributed by atoms with Gasteiger partial charge in [-0.2, -0.15) is 0 Å². The van der Waals surface area contributed by atoms with Crippen LogP contribution in [-0.2, 0) is 9.59 Å². The Hall–Kier alpha value is -1.10. The highest BCUT2D eigenvalue weighted by atomic mass is 16.2. The third-order valence-electron chi connectivity index (χ3n) is 5.52. The van der Waals surface area contributed by atoms with Crippen LogP contribution in [-0.4, -0.2) is 42.4 Å². The zero-order valence-corrected chi connectivity index (χ0v) is 15.6. The maximum Gasteiger partial charge on any atom is 0.227 e. The van der Waals surface area contributed by atoms with Crippen LogP contribution in [0.1, 0.15) is 65.7 Å². The Morgan fingerprint density at radius 1 is 1.12 bits per heavy atom. The number of hydrogen-bond acceptors (Lipinski definition) is 3. The molecule has 1 aliphatic heterocycles. The molecule has 1 saturated carbocycles. The van der Waals surface area contributed by atoms with Gasteiger partial charge in [0, 0.05) is 31.1 Å². The van der Waals surface area contributed by atoms with Crippen molar-refractivity contribution in [1.29, 1.82) is 0 Å². The van der Waals surface area contributed by atoms with Gasteiger partial charge in [-0.3, -0.25) is 9.59 Å². The van der Waals surface area contributed by atoms with Gasteiger partial charge in [-0.05, 0) is 31.6 Å². The largest absolute Gasteiger partial charge is 0.352 e. The molecule has 0 bridgehead atoms. The second-order valence-corrected chi connectivity index (χ2v) is 8.59. The first-order valence-electron chi connectivity index (χ1n) is 9.62. The zero-order valence-electron chi connectivity index (χ0n) is 15.6. The van der Waals surface area contributed by atoms with E-state index in [9.17, 15) is 9.59 Å². The van der Waals surface area contributed by atoms with E-state index >= 15 is 0 Å². The normalized spacial score (nSPS) is 24.5. The summed E-state index contributed by atoms with van der Waals surface area (Å²) < 4.78 is 0. The maximum absolute atomic E-state index is 12.7. The van der Waals surface area contributed by atoms with Crippen molar-refractivity contribution in [3.8, 4) is 0 Å². The van der Waals surface area contributed by atoms with Gasteiger partial charge >= 0.3 is 0 Å². The highest BCUT2D eigenvalue weighted by molar-refractivity contribution is 5.84. The maximum atomic E-state index is 12.7. The van der Waals surface area contributed by atoms with Crippen molar-refractivity contribution in [1.82, 2.24) is 10.2 Å². The van der Waals surface area contributed by atoms with E-state index in [0.29, 0.717) is 19.0 Å². The molecule has 2 fully saturated rings. The molecule has 0 aromatic carbocycles. The van der Waals surface area contributed by atoms with E-state index in [1.54, 1.807) is 0 Å². The molecule has 2 unspecified atom stereocenters. The highest BCUT2D eigenvalue weighted by Gasteiger charge is 2.34. The SMILES string of the molecule is CC(C)(C)C(=O)N1CCCC(C(=O)NC(CN)C2CCCCC2)C1. The van der Waals surface area contributed by atoms with Crippen molar-refractivity contribution in [3.63, 3.8) is 0 Å². The summed E-state index contributed by atoms with van der Waals surface area (Å²) >= 11 is 0. The monoisotopic (exact) mass is 337 g/mol. The number of hydrogen-bond donors (Lipinski definition) is 2. The molecule has 2 atom stereocenters. The number of carbonyl (C=O) groups excluding carboxylic acids is 2. The van der Waals surface area contributed by atoms with Crippen LogP contribution in [0.3, 0.4) is 0 Å². The Labute approximate surface area is 146 Å². The number of nitrogens with one attached hydrogen (secondary N) is 1. The minimum atomic E-state index is -0.389. The highest BCUT2D eigenvalue weighted by Crippen LogP contribution is 2.27. The topological polar surface area (TPSA) is 75.4 Å². The molecule has 0 aromatic heterocycles. The van der Waals surface area contributed by atoms with Crippen molar-refractivity contribution < 1.29 is 9.59 Å². The van der Waals surface area contributed by atoms with Crippen LogP contribution in [0.4, 0.5) is 0 Å². The zero-order chi connectivity index (χ0) is 17.7. The van der Waals surface area contributed by atoms with E-state index in [1.807, 2.05) is 25.7 Å². The molecule has 0 spiro atoms. The van der Waals surface area contributed by atoms with E-state index < -0.39 is 0 Å². The molecule has 138 valence electrons. The summed E-state index contributed by atoms with van der Waals surface area (Å²) in [6, 6.07) is 0.0893. The summed E-state index contributed by atoms with van der Waals surface area (Å²) in [4.78, 5) is 27.1. The van der Waals surface area contributed by atoms with Gasteiger partial charge in [0.2, 0.25) is 11.8 Å². The first-order chi connectivity index (χ1) is 11.3. The van der Waals surface area contributed by atoms with Crippen LogP contribution >= 0.6 is 0 Å². The Balaban J connectivity index is 1.92. The summed E-state index contributed by atoms with van der Waals surface area (Å²) in [6.07, 6.45) is 7.89. The predicted octanol–water partition coefficient (Wildman–Crippen LogP) is 2.29.